The molecule has 0 spiro atoms. The molecular formula is C28H38N2O3. The molecule has 0 aromatic heterocycles. The third-order valence-corrected chi connectivity index (χ3v) is 6.92. The summed E-state index contributed by atoms with van der Waals surface area (Å²) in [5.74, 6) is -0.403. The van der Waals surface area contributed by atoms with Crippen molar-refractivity contribution in [2.45, 2.75) is 58.5 Å². The number of hydrogen-bond acceptors (Lipinski definition) is 4. The molecule has 0 saturated carbocycles. The average molecular weight is 451 g/mol. The summed E-state index contributed by atoms with van der Waals surface area (Å²) in [5, 5.41) is 0. The van der Waals surface area contributed by atoms with E-state index in [0.29, 0.717) is 24.4 Å². The third kappa shape index (κ3) is 6.44. The van der Waals surface area contributed by atoms with E-state index in [2.05, 4.69) is 36.9 Å². The summed E-state index contributed by atoms with van der Waals surface area (Å²) in [7, 11) is 0. The lowest BCUT2D eigenvalue weighted by Gasteiger charge is -2.46. The summed E-state index contributed by atoms with van der Waals surface area (Å²) >= 11 is 0. The molecule has 33 heavy (non-hydrogen) atoms. The van der Waals surface area contributed by atoms with Gasteiger partial charge in [-0.25, -0.2) is 0 Å². The van der Waals surface area contributed by atoms with Gasteiger partial charge in [-0.05, 0) is 74.8 Å². The van der Waals surface area contributed by atoms with E-state index in [4.69, 9.17) is 10.5 Å². The van der Waals surface area contributed by atoms with Crippen LogP contribution < -0.4 is 5.73 Å². The summed E-state index contributed by atoms with van der Waals surface area (Å²) in [5.41, 5.74) is 7.80. The zero-order valence-corrected chi connectivity index (χ0v) is 20.6. The lowest BCUT2D eigenvalue weighted by atomic mass is 9.67. The first kappa shape index (κ1) is 25.0. The Kier molecular flexibility index (Phi) is 7.63. The van der Waals surface area contributed by atoms with Gasteiger partial charge in [0.15, 0.2) is 0 Å². The SMILES string of the molecule is C[C@H]1CN(CC(Cc2ccccc2)C(=O)OC(C)(C)C)CC[C@@]1(C)c1cccc(C(N)=O)c1. The maximum absolute atomic E-state index is 13.1. The average Bonchev–Trinajstić information content (AvgIpc) is 2.75. The maximum atomic E-state index is 13.1. The summed E-state index contributed by atoms with van der Waals surface area (Å²) in [6, 6.07) is 17.9. The van der Waals surface area contributed by atoms with Crippen molar-refractivity contribution >= 4 is 11.9 Å². The number of rotatable bonds is 7. The van der Waals surface area contributed by atoms with Gasteiger partial charge in [-0.3, -0.25) is 9.59 Å². The van der Waals surface area contributed by atoms with E-state index in [-0.39, 0.29) is 17.3 Å². The Hall–Kier alpha value is -2.66. The molecular weight excluding hydrogens is 412 g/mol. The van der Waals surface area contributed by atoms with Crippen molar-refractivity contribution in [3.8, 4) is 0 Å². The van der Waals surface area contributed by atoms with E-state index < -0.39 is 11.5 Å². The highest BCUT2D eigenvalue weighted by atomic mass is 16.6. The molecule has 178 valence electrons. The fourth-order valence-corrected chi connectivity index (χ4v) is 4.76. The second kappa shape index (κ2) is 10.1. The van der Waals surface area contributed by atoms with Crippen LogP contribution in [0.5, 0.6) is 0 Å². The third-order valence-electron chi connectivity index (χ3n) is 6.92. The van der Waals surface area contributed by atoms with Crippen molar-refractivity contribution in [3.63, 3.8) is 0 Å². The first-order valence-electron chi connectivity index (χ1n) is 11.9. The summed E-state index contributed by atoms with van der Waals surface area (Å²) in [6.07, 6.45) is 1.61. The molecule has 2 aromatic carbocycles. The van der Waals surface area contributed by atoms with Gasteiger partial charge < -0.3 is 15.4 Å². The molecule has 1 aliphatic rings. The van der Waals surface area contributed by atoms with Crippen molar-refractivity contribution in [1.29, 1.82) is 0 Å². The number of likely N-dealkylation sites (tertiary alicyclic amines) is 1. The summed E-state index contributed by atoms with van der Waals surface area (Å²) in [4.78, 5) is 27.1. The largest absolute Gasteiger partial charge is 0.460 e. The van der Waals surface area contributed by atoms with E-state index in [9.17, 15) is 9.59 Å². The van der Waals surface area contributed by atoms with E-state index in [0.717, 1.165) is 30.6 Å². The van der Waals surface area contributed by atoms with Crippen molar-refractivity contribution in [3.05, 3.63) is 71.3 Å². The van der Waals surface area contributed by atoms with E-state index in [1.807, 2.05) is 51.1 Å². The highest BCUT2D eigenvalue weighted by Crippen LogP contribution is 2.40. The number of amides is 1. The first-order valence-corrected chi connectivity index (χ1v) is 11.9. The van der Waals surface area contributed by atoms with Gasteiger partial charge in [-0.15, -0.1) is 0 Å². The number of ether oxygens (including phenoxy) is 1. The number of hydrogen-bond donors (Lipinski definition) is 1. The summed E-state index contributed by atoms with van der Waals surface area (Å²) in [6.45, 7) is 12.7. The number of nitrogens with zero attached hydrogens (tertiary/aromatic N) is 1. The van der Waals surface area contributed by atoms with Gasteiger partial charge in [0.1, 0.15) is 5.60 Å². The first-order chi connectivity index (χ1) is 15.5. The number of nitrogens with two attached hydrogens (primary N) is 1. The minimum atomic E-state index is -0.509. The van der Waals surface area contributed by atoms with Gasteiger partial charge in [-0.2, -0.15) is 0 Å². The normalized spacial score (nSPS) is 22.5. The van der Waals surface area contributed by atoms with Crippen LogP contribution in [0, 0.1) is 11.8 Å². The second-order valence-electron chi connectivity index (χ2n) is 10.7. The second-order valence-corrected chi connectivity index (χ2v) is 10.7. The molecule has 0 bridgehead atoms. The molecule has 0 aliphatic carbocycles. The van der Waals surface area contributed by atoms with Gasteiger partial charge in [0, 0.05) is 18.7 Å². The molecule has 0 radical (unpaired) electrons. The lowest BCUT2D eigenvalue weighted by molar-refractivity contribution is -0.160. The van der Waals surface area contributed by atoms with Crippen LogP contribution in [0.2, 0.25) is 0 Å². The van der Waals surface area contributed by atoms with Gasteiger partial charge in [0.2, 0.25) is 5.91 Å². The minimum absolute atomic E-state index is 0.0528. The monoisotopic (exact) mass is 450 g/mol. The highest BCUT2D eigenvalue weighted by Gasteiger charge is 2.39. The zero-order valence-electron chi connectivity index (χ0n) is 20.6. The Bertz CT molecular complexity index is 967. The summed E-state index contributed by atoms with van der Waals surface area (Å²) < 4.78 is 5.78. The van der Waals surface area contributed by atoms with Crippen LogP contribution in [-0.2, 0) is 21.4 Å². The topological polar surface area (TPSA) is 72.6 Å². The van der Waals surface area contributed by atoms with E-state index in [1.54, 1.807) is 6.07 Å². The molecule has 3 atom stereocenters. The Morgan fingerprint density at radius 1 is 1.15 bits per heavy atom. The van der Waals surface area contributed by atoms with Gasteiger partial charge in [-0.1, -0.05) is 56.3 Å². The van der Waals surface area contributed by atoms with Crippen LogP contribution in [0.15, 0.2) is 54.6 Å². The smallest absolute Gasteiger partial charge is 0.311 e. The number of carbonyl (C=O) groups is 2. The molecule has 1 amide bonds. The van der Waals surface area contributed by atoms with Crippen LogP contribution in [0.1, 0.15) is 62.5 Å². The van der Waals surface area contributed by atoms with Crippen molar-refractivity contribution < 1.29 is 14.3 Å². The Labute approximate surface area is 198 Å². The number of primary amides is 1. The number of piperidine rings is 1. The highest BCUT2D eigenvalue weighted by molar-refractivity contribution is 5.93. The lowest BCUT2D eigenvalue weighted by Crippen LogP contribution is -2.49. The fraction of sp³-hybridized carbons (Fsp3) is 0.500. The van der Waals surface area contributed by atoms with Gasteiger partial charge in [0.05, 0.1) is 5.92 Å². The predicted octanol–water partition coefficient (Wildman–Crippen LogP) is 4.59. The Morgan fingerprint density at radius 3 is 2.45 bits per heavy atom. The van der Waals surface area contributed by atoms with Crippen LogP contribution >= 0.6 is 0 Å². The molecule has 1 fully saturated rings. The molecule has 5 heteroatoms. The van der Waals surface area contributed by atoms with Crippen molar-refractivity contribution in [2.24, 2.45) is 17.6 Å². The molecule has 1 saturated heterocycles. The zero-order chi connectivity index (χ0) is 24.2. The quantitative estimate of drug-likeness (QED) is 0.627. The van der Waals surface area contributed by atoms with Crippen molar-refractivity contribution in [2.75, 3.05) is 19.6 Å². The molecule has 5 nitrogen and oxygen atoms in total. The minimum Gasteiger partial charge on any atom is -0.460 e. The van der Waals surface area contributed by atoms with Gasteiger partial charge in [0.25, 0.3) is 0 Å². The van der Waals surface area contributed by atoms with Crippen LogP contribution in [0.4, 0.5) is 0 Å². The van der Waals surface area contributed by atoms with Crippen LogP contribution in [-0.4, -0.2) is 42.0 Å². The Morgan fingerprint density at radius 2 is 1.85 bits per heavy atom. The van der Waals surface area contributed by atoms with Crippen LogP contribution in [0.25, 0.3) is 0 Å². The Balaban J connectivity index is 1.74. The number of esters is 1. The van der Waals surface area contributed by atoms with Gasteiger partial charge >= 0.3 is 5.97 Å². The predicted molar refractivity (Wildman–Crippen MR) is 132 cm³/mol. The molecule has 1 heterocycles. The maximum Gasteiger partial charge on any atom is 0.311 e. The number of carbonyl (C=O) groups excluding carboxylic acids is 2. The standard InChI is InChI=1S/C28H38N2O3/c1-20-18-30(15-14-28(20,5)24-13-9-12-22(17-24)25(29)31)19-23(26(32)33-27(2,3)4)16-21-10-7-6-8-11-21/h6-13,17,20,23H,14-16,18-19H2,1-5H3,(H2,29,31)/t20-,23?,28+/m0/s1. The van der Waals surface area contributed by atoms with Crippen LogP contribution in [0.3, 0.4) is 0 Å². The van der Waals surface area contributed by atoms with E-state index >= 15 is 0 Å². The van der Waals surface area contributed by atoms with E-state index in [1.165, 1.54) is 0 Å². The molecule has 2 N–H and O–H groups in total. The molecule has 3 rings (SSSR count). The van der Waals surface area contributed by atoms with Crippen molar-refractivity contribution in [1.82, 2.24) is 4.90 Å². The molecule has 2 aromatic rings. The fourth-order valence-electron chi connectivity index (χ4n) is 4.76. The molecule has 1 unspecified atom stereocenters. The number of benzene rings is 2. The molecule has 1 aliphatic heterocycles.